The molecule has 31 heavy (non-hydrogen) atoms. The number of carbonyl (C=O) groups excluding carboxylic acids is 1. The monoisotopic (exact) mass is 476 g/mol. The average Bonchev–Trinajstić information content (AvgIpc) is 3.08. The van der Waals surface area contributed by atoms with Gasteiger partial charge in [-0.1, -0.05) is 11.6 Å². The summed E-state index contributed by atoms with van der Waals surface area (Å²) in [4.78, 5) is 25.7. The van der Waals surface area contributed by atoms with Crippen LogP contribution in [-0.2, 0) is 6.61 Å². The van der Waals surface area contributed by atoms with Gasteiger partial charge < -0.3 is 20.1 Å². The molecule has 0 radical (unpaired) electrons. The molecule has 0 unspecified atom stereocenters. The predicted molar refractivity (Wildman–Crippen MR) is 114 cm³/mol. The van der Waals surface area contributed by atoms with Crippen LogP contribution in [0.15, 0.2) is 6.07 Å². The van der Waals surface area contributed by atoms with E-state index in [-0.39, 0.29) is 21.5 Å². The van der Waals surface area contributed by atoms with Crippen LogP contribution in [0.2, 0.25) is 5.02 Å². The fourth-order valence-electron chi connectivity index (χ4n) is 2.57. The Labute approximate surface area is 187 Å². The molecule has 2 amide bonds. The minimum Gasteiger partial charge on any atom is -0.477 e. The minimum atomic E-state index is -1.41. The number of ether oxygens (including phenoxy) is 1. The first-order valence-electron chi connectivity index (χ1n) is 9.30. The van der Waals surface area contributed by atoms with E-state index in [0.717, 1.165) is 25.5 Å². The summed E-state index contributed by atoms with van der Waals surface area (Å²) < 4.78 is 37.4. The minimum absolute atomic E-state index is 0.0591. The second-order valence-electron chi connectivity index (χ2n) is 6.96. The molecule has 0 aliphatic rings. The molecule has 1 aromatic carbocycles. The van der Waals surface area contributed by atoms with Crippen LogP contribution in [-0.4, -0.2) is 53.6 Å². The smallest absolute Gasteiger partial charge is 0.344 e. The molecule has 12 heteroatoms. The second kappa shape index (κ2) is 11.2. The third kappa shape index (κ3) is 6.74. The van der Waals surface area contributed by atoms with Crippen LogP contribution in [0, 0.1) is 18.6 Å². The van der Waals surface area contributed by atoms with Crippen molar-refractivity contribution in [1.82, 2.24) is 14.6 Å². The average molecular weight is 477 g/mol. The molecule has 0 bridgehead atoms. The number of halogens is 3. The van der Waals surface area contributed by atoms with Gasteiger partial charge in [-0.15, -0.1) is 0 Å². The molecule has 2 aromatic rings. The van der Waals surface area contributed by atoms with Gasteiger partial charge in [0.2, 0.25) is 5.88 Å². The Morgan fingerprint density at radius 1 is 1.32 bits per heavy atom. The summed E-state index contributed by atoms with van der Waals surface area (Å²) in [6.07, 6.45) is 1.65. The van der Waals surface area contributed by atoms with E-state index >= 15 is 0 Å². The Bertz CT molecular complexity index is 955. The van der Waals surface area contributed by atoms with Gasteiger partial charge in [-0.25, -0.2) is 18.4 Å². The summed E-state index contributed by atoms with van der Waals surface area (Å²) in [6.45, 7) is 2.12. The summed E-state index contributed by atoms with van der Waals surface area (Å²) in [5.41, 5.74) is -0.642. The Kier molecular flexibility index (Phi) is 8.96. The van der Waals surface area contributed by atoms with Gasteiger partial charge >= 0.3 is 12.0 Å². The molecule has 0 spiro atoms. The number of amides is 2. The standard InChI is InChI=1S/C19H23ClF2N4O4S/c1-10-8-12(21)11(15(22)14(10)20)9-30-16-13(18(27)28)17(31-25-16)24-19(29)23-6-4-5-7-26(2)3/h8H,4-7,9H2,1-3H3,(H,27,28)(H2,23,24,29). The summed E-state index contributed by atoms with van der Waals surface area (Å²) in [5.74, 6) is -3.64. The number of aryl methyl sites for hydroxylation is 1. The first-order chi connectivity index (χ1) is 14.6. The highest BCUT2D eigenvalue weighted by Gasteiger charge is 2.24. The fourth-order valence-corrected chi connectivity index (χ4v) is 3.47. The van der Waals surface area contributed by atoms with Crippen molar-refractivity contribution in [2.45, 2.75) is 26.4 Å². The van der Waals surface area contributed by atoms with Gasteiger partial charge in [0, 0.05) is 6.54 Å². The normalized spacial score (nSPS) is 10.9. The van der Waals surface area contributed by atoms with E-state index in [1.165, 1.54) is 6.92 Å². The van der Waals surface area contributed by atoms with E-state index in [1.807, 2.05) is 19.0 Å². The number of anilines is 1. The lowest BCUT2D eigenvalue weighted by Crippen LogP contribution is -2.30. The van der Waals surface area contributed by atoms with Crippen LogP contribution < -0.4 is 15.4 Å². The maximum atomic E-state index is 14.2. The van der Waals surface area contributed by atoms with Crippen molar-refractivity contribution in [3.05, 3.63) is 39.4 Å². The molecule has 0 aliphatic heterocycles. The van der Waals surface area contributed by atoms with Crippen LogP contribution in [0.1, 0.15) is 34.3 Å². The Morgan fingerprint density at radius 3 is 2.68 bits per heavy atom. The van der Waals surface area contributed by atoms with E-state index in [1.54, 1.807) is 0 Å². The zero-order valence-electron chi connectivity index (χ0n) is 17.2. The molecule has 3 N–H and O–H groups in total. The number of aromatic nitrogens is 1. The number of carboxylic acids is 1. The Hall–Kier alpha value is -2.50. The van der Waals surface area contributed by atoms with Gasteiger partial charge in [0.1, 0.15) is 17.4 Å². The first-order valence-corrected chi connectivity index (χ1v) is 10.4. The summed E-state index contributed by atoms with van der Waals surface area (Å²) in [5, 5.41) is 14.2. The van der Waals surface area contributed by atoms with Crippen LogP contribution in [0.5, 0.6) is 5.88 Å². The van der Waals surface area contributed by atoms with Crippen LogP contribution >= 0.6 is 23.1 Å². The molecule has 8 nitrogen and oxygen atoms in total. The van der Waals surface area contributed by atoms with Crippen molar-refractivity contribution in [3.8, 4) is 5.88 Å². The number of carboxylic acid groups (broad SMARTS) is 1. The van der Waals surface area contributed by atoms with Gasteiger partial charge in [-0.05, 0) is 63.6 Å². The maximum absolute atomic E-state index is 14.2. The largest absolute Gasteiger partial charge is 0.477 e. The van der Waals surface area contributed by atoms with Crippen LogP contribution in [0.3, 0.4) is 0 Å². The van der Waals surface area contributed by atoms with Crippen molar-refractivity contribution in [3.63, 3.8) is 0 Å². The number of benzene rings is 1. The fraction of sp³-hybridized carbons (Fsp3) is 0.421. The van der Waals surface area contributed by atoms with E-state index in [2.05, 4.69) is 15.0 Å². The summed E-state index contributed by atoms with van der Waals surface area (Å²) in [7, 11) is 3.90. The number of nitrogens with one attached hydrogen (secondary N) is 2. The third-order valence-electron chi connectivity index (χ3n) is 4.21. The van der Waals surface area contributed by atoms with Gasteiger partial charge in [0.25, 0.3) is 0 Å². The molecule has 0 fully saturated rings. The van der Waals surface area contributed by atoms with Crippen LogP contribution in [0.25, 0.3) is 0 Å². The molecule has 0 saturated heterocycles. The third-order valence-corrected chi connectivity index (χ3v) is 5.42. The highest BCUT2D eigenvalue weighted by atomic mass is 35.5. The quantitative estimate of drug-likeness (QED) is 0.352. The second-order valence-corrected chi connectivity index (χ2v) is 8.11. The Balaban J connectivity index is 2.04. The lowest BCUT2D eigenvalue weighted by molar-refractivity contribution is 0.0693. The predicted octanol–water partition coefficient (Wildman–Crippen LogP) is 4.12. The number of urea groups is 1. The highest BCUT2D eigenvalue weighted by molar-refractivity contribution is 7.11. The molecule has 0 saturated carbocycles. The topological polar surface area (TPSA) is 104 Å². The molecule has 170 valence electrons. The van der Waals surface area contributed by atoms with Crippen molar-refractivity contribution in [2.75, 3.05) is 32.5 Å². The maximum Gasteiger partial charge on any atom is 0.344 e. The number of nitrogens with zero attached hydrogens (tertiary/aromatic N) is 2. The molecule has 0 atom stereocenters. The first kappa shape index (κ1) is 24.8. The lowest BCUT2D eigenvalue weighted by atomic mass is 10.1. The number of hydrogen-bond donors (Lipinski definition) is 3. The number of aromatic carboxylic acids is 1. The van der Waals surface area contributed by atoms with Gasteiger partial charge in [0.15, 0.2) is 11.4 Å². The Morgan fingerprint density at radius 2 is 2.03 bits per heavy atom. The lowest BCUT2D eigenvalue weighted by Gasteiger charge is -2.10. The summed E-state index contributed by atoms with van der Waals surface area (Å²) in [6, 6.07) is 0.462. The number of carbonyl (C=O) groups is 2. The van der Waals surface area contributed by atoms with Crippen LogP contribution in [0.4, 0.5) is 18.6 Å². The van der Waals surface area contributed by atoms with Crippen molar-refractivity contribution < 1.29 is 28.2 Å². The van der Waals surface area contributed by atoms with E-state index < -0.39 is 41.4 Å². The van der Waals surface area contributed by atoms with Gasteiger partial charge in [0.05, 0.1) is 10.6 Å². The number of hydrogen-bond acceptors (Lipinski definition) is 6. The summed E-state index contributed by atoms with van der Waals surface area (Å²) >= 11 is 6.48. The van der Waals surface area contributed by atoms with Crippen molar-refractivity contribution in [1.29, 1.82) is 0 Å². The molecule has 0 aliphatic carbocycles. The molecule has 2 rings (SSSR count). The molecular weight excluding hydrogens is 454 g/mol. The van der Waals surface area contributed by atoms with E-state index in [0.29, 0.717) is 18.1 Å². The van der Waals surface area contributed by atoms with Gasteiger partial charge in [-0.3, -0.25) is 5.32 Å². The van der Waals surface area contributed by atoms with Crippen molar-refractivity contribution >= 4 is 40.1 Å². The van der Waals surface area contributed by atoms with Crippen molar-refractivity contribution in [2.24, 2.45) is 0 Å². The SMILES string of the molecule is Cc1cc(F)c(COc2nsc(NC(=O)NCCCCN(C)C)c2C(=O)O)c(F)c1Cl. The highest BCUT2D eigenvalue weighted by Crippen LogP contribution is 2.32. The zero-order valence-corrected chi connectivity index (χ0v) is 18.8. The zero-order chi connectivity index (χ0) is 23.1. The number of rotatable bonds is 10. The molecule has 1 heterocycles. The van der Waals surface area contributed by atoms with E-state index in [9.17, 15) is 23.5 Å². The van der Waals surface area contributed by atoms with Gasteiger partial charge in [-0.2, -0.15) is 4.37 Å². The van der Waals surface area contributed by atoms with E-state index in [4.69, 9.17) is 16.3 Å². The molecular formula is C19H23ClF2N4O4S. The molecule has 1 aromatic heterocycles. The number of unbranched alkanes of at least 4 members (excludes halogenated alkanes) is 1.